The zero-order valence-corrected chi connectivity index (χ0v) is 14.3. The average molecular weight is 338 g/mol. The molecule has 130 valence electrons. The average Bonchev–Trinajstić information content (AvgIpc) is 2.67. The molecule has 0 bridgehead atoms. The number of morpholine rings is 1. The quantitative estimate of drug-likeness (QED) is 0.931. The van der Waals surface area contributed by atoms with Crippen LogP contribution in [0.2, 0.25) is 0 Å². The Hall–Kier alpha value is -2.66. The molecule has 2 aromatic rings. The Labute approximate surface area is 147 Å². The van der Waals surface area contributed by atoms with Crippen LogP contribution in [-0.4, -0.2) is 43.0 Å². The van der Waals surface area contributed by atoms with E-state index >= 15 is 0 Å². The normalized spacial score (nSPS) is 15.5. The number of aryl methyl sites for hydroxylation is 1. The van der Waals surface area contributed by atoms with Crippen LogP contribution in [0.25, 0.3) is 0 Å². The molecule has 2 amide bonds. The van der Waals surface area contributed by atoms with Gasteiger partial charge in [-0.2, -0.15) is 0 Å². The fourth-order valence-electron chi connectivity index (χ4n) is 2.82. The largest absolute Gasteiger partial charge is 0.378 e. The highest BCUT2D eigenvalue weighted by molar-refractivity contribution is 5.97. The number of hydrogen-bond donors (Lipinski definition) is 1. The van der Waals surface area contributed by atoms with Crippen molar-refractivity contribution in [1.29, 1.82) is 0 Å². The van der Waals surface area contributed by atoms with Crippen molar-refractivity contribution in [1.82, 2.24) is 10.2 Å². The molecule has 0 saturated carbocycles. The summed E-state index contributed by atoms with van der Waals surface area (Å²) in [5.74, 6) is -0.356. The van der Waals surface area contributed by atoms with Crippen LogP contribution in [0.3, 0.4) is 0 Å². The van der Waals surface area contributed by atoms with Gasteiger partial charge in [-0.3, -0.25) is 9.59 Å². The molecule has 0 unspecified atom stereocenters. The van der Waals surface area contributed by atoms with E-state index in [1.54, 1.807) is 17.0 Å². The first-order valence-electron chi connectivity index (χ1n) is 8.44. The zero-order valence-electron chi connectivity index (χ0n) is 14.3. The SMILES string of the molecule is Cc1ccc(C(=O)N[C@H](C(=O)N2CCOCC2)c2ccccc2)cc1. The molecule has 0 radical (unpaired) electrons. The molecule has 0 spiro atoms. The Kier molecular flexibility index (Phi) is 5.46. The summed E-state index contributed by atoms with van der Waals surface area (Å²) in [6.45, 7) is 4.11. The maximum Gasteiger partial charge on any atom is 0.252 e. The van der Waals surface area contributed by atoms with Crippen molar-refractivity contribution in [3.63, 3.8) is 0 Å². The molecule has 1 fully saturated rings. The van der Waals surface area contributed by atoms with Crippen molar-refractivity contribution in [3.05, 3.63) is 71.3 Å². The van der Waals surface area contributed by atoms with Crippen LogP contribution in [0.4, 0.5) is 0 Å². The van der Waals surface area contributed by atoms with Gasteiger partial charge in [-0.05, 0) is 24.6 Å². The van der Waals surface area contributed by atoms with E-state index in [9.17, 15) is 9.59 Å². The van der Waals surface area contributed by atoms with Crippen LogP contribution in [0.1, 0.15) is 27.5 Å². The lowest BCUT2D eigenvalue weighted by Gasteiger charge is -2.31. The summed E-state index contributed by atoms with van der Waals surface area (Å²) in [7, 11) is 0. The lowest BCUT2D eigenvalue weighted by Crippen LogP contribution is -2.47. The van der Waals surface area contributed by atoms with E-state index in [4.69, 9.17) is 4.74 Å². The van der Waals surface area contributed by atoms with Gasteiger partial charge in [0, 0.05) is 18.7 Å². The van der Waals surface area contributed by atoms with Crippen molar-refractivity contribution in [2.24, 2.45) is 0 Å². The number of amides is 2. The van der Waals surface area contributed by atoms with Gasteiger partial charge < -0.3 is 15.0 Å². The predicted octanol–water partition coefficient (Wildman–Crippen LogP) is 2.32. The van der Waals surface area contributed by atoms with Gasteiger partial charge in [0.05, 0.1) is 13.2 Å². The van der Waals surface area contributed by atoms with Crippen LogP contribution < -0.4 is 5.32 Å². The molecule has 5 heteroatoms. The number of hydrogen-bond acceptors (Lipinski definition) is 3. The maximum absolute atomic E-state index is 13.0. The number of benzene rings is 2. The van der Waals surface area contributed by atoms with E-state index < -0.39 is 6.04 Å². The van der Waals surface area contributed by atoms with Crippen LogP contribution in [0, 0.1) is 6.92 Å². The maximum atomic E-state index is 13.0. The summed E-state index contributed by atoms with van der Waals surface area (Å²) in [5.41, 5.74) is 2.40. The summed E-state index contributed by atoms with van der Waals surface area (Å²) >= 11 is 0. The van der Waals surface area contributed by atoms with Gasteiger partial charge in [0.2, 0.25) is 5.91 Å². The fourth-order valence-corrected chi connectivity index (χ4v) is 2.82. The highest BCUT2D eigenvalue weighted by Gasteiger charge is 2.28. The molecule has 2 aromatic carbocycles. The summed E-state index contributed by atoms with van der Waals surface area (Å²) in [6.07, 6.45) is 0. The minimum Gasteiger partial charge on any atom is -0.378 e. The monoisotopic (exact) mass is 338 g/mol. The minimum absolute atomic E-state index is 0.102. The van der Waals surface area contributed by atoms with Crippen molar-refractivity contribution in [3.8, 4) is 0 Å². The molecular weight excluding hydrogens is 316 g/mol. The van der Waals surface area contributed by atoms with Gasteiger partial charge in [-0.15, -0.1) is 0 Å². The zero-order chi connectivity index (χ0) is 17.6. The topological polar surface area (TPSA) is 58.6 Å². The number of nitrogens with one attached hydrogen (secondary N) is 1. The molecule has 1 N–H and O–H groups in total. The van der Waals surface area contributed by atoms with E-state index in [1.165, 1.54) is 0 Å². The molecule has 0 aromatic heterocycles. The molecule has 1 aliphatic heterocycles. The molecule has 1 saturated heterocycles. The first kappa shape index (κ1) is 17.2. The third-order valence-corrected chi connectivity index (χ3v) is 4.29. The van der Waals surface area contributed by atoms with Gasteiger partial charge in [-0.1, -0.05) is 48.0 Å². The first-order chi connectivity index (χ1) is 12.1. The Morgan fingerprint density at radius 2 is 1.64 bits per heavy atom. The van der Waals surface area contributed by atoms with Crippen LogP contribution in [0.15, 0.2) is 54.6 Å². The van der Waals surface area contributed by atoms with Gasteiger partial charge in [0.1, 0.15) is 6.04 Å². The van der Waals surface area contributed by atoms with E-state index in [0.29, 0.717) is 31.9 Å². The number of rotatable bonds is 4. The summed E-state index contributed by atoms with van der Waals surface area (Å²) in [4.78, 5) is 27.3. The van der Waals surface area contributed by atoms with Crippen molar-refractivity contribution < 1.29 is 14.3 Å². The first-order valence-corrected chi connectivity index (χ1v) is 8.44. The van der Waals surface area contributed by atoms with Crippen LogP contribution in [-0.2, 0) is 9.53 Å². The molecule has 5 nitrogen and oxygen atoms in total. The number of carbonyl (C=O) groups is 2. The fraction of sp³-hybridized carbons (Fsp3) is 0.300. The molecule has 1 atom stereocenters. The highest BCUT2D eigenvalue weighted by Crippen LogP contribution is 2.18. The Balaban J connectivity index is 1.82. The Bertz CT molecular complexity index is 722. The summed E-state index contributed by atoms with van der Waals surface area (Å²) < 4.78 is 5.32. The molecule has 1 aliphatic rings. The number of nitrogens with zero attached hydrogens (tertiary/aromatic N) is 1. The van der Waals surface area contributed by atoms with Crippen molar-refractivity contribution in [2.75, 3.05) is 26.3 Å². The molecule has 0 aliphatic carbocycles. The second-order valence-corrected chi connectivity index (χ2v) is 6.12. The summed E-state index contributed by atoms with van der Waals surface area (Å²) in [6, 6.07) is 16.0. The smallest absolute Gasteiger partial charge is 0.252 e. The van der Waals surface area contributed by atoms with E-state index in [2.05, 4.69) is 5.32 Å². The third-order valence-electron chi connectivity index (χ3n) is 4.29. The van der Waals surface area contributed by atoms with Gasteiger partial charge >= 0.3 is 0 Å². The van der Waals surface area contributed by atoms with Crippen molar-refractivity contribution >= 4 is 11.8 Å². The second kappa shape index (κ2) is 7.94. The van der Waals surface area contributed by atoms with Crippen LogP contribution in [0.5, 0.6) is 0 Å². The Morgan fingerprint density at radius 1 is 1.00 bits per heavy atom. The van der Waals surface area contributed by atoms with Crippen LogP contribution >= 0.6 is 0 Å². The predicted molar refractivity (Wildman–Crippen MR) is 95.2 cm³/mol. The minimum atomic E-state index is -0.701. The second-order valence-electron chi connectivity index (χ2n) is 6.12. The Morgan fingerprint density at radius 3 is 2.28 bits per heavy atom. The molecule has 3 rings (SSSR count). The molecular formula is C20H22N2O3. The van der Waals surface area contributed by atoms with E-state index in [0.717, 1.165) is 11.1 Å². The van der Waals surface area contributed by atoms with Gasteiger partial charge in [0.15, 0.2) is 0 Å². The van der Waals surface area contributed by atoms with E-state index in [-0.39, 0.29) is 11.8 Å². The summed E-state index contributed by atoms with van der Waals surface area (Å²) in [5, 5.41) is 2.90. The highest BCUT2D eigenvalue weighted by atomic mass is 16.5. The van der Waals surface area contributed by atoms with Crippen molar-refractivity contribution in [2.45, 2.75) is 13.0 Å². The number of ether oxygens (including phenoxy) is 1. The van der Waals surface area contributed by atoms with Gasteiger partial charge in [-0.25, -0.2) is 0 Å². The third kappa shape index (κ3) is 4.25. The molecule has 1 heterocycles. The lowest BCUT2D eigenvalue weighted by molar-refractivity contribution is -0.137. The van der Waals surface area contributed by atoms with Gasteiger partial charge in [0.25, 0.3) is 5.91 Å². The van der Waals surface area contributed by atoms with E-state index in [1.807, 2.05) is 49.4 Å². The lowest BCUT2D eigenvalue weighted by atomic mass is 10.0. The molecule has 25 heavy (non-hydrogen) atoms. The number of carbonyl (C=O) groups excluding carboxylic acids is 2. The standard InChI is InChI=1S/C20H22N2O3/c1-15-7-9-17(10-8-15)19(23)21-18(16-5-3-2-4-6-16)20(24)22-11-13-25-14-12-22/h2-10,18H,11-14H2,1H3,(H,21,23)/t18-/m0/s1.